The maximum atomic E-state index is 12.7. The van der Waals surface area contributed by atoms with Gasteiger partial charge in [0.05, 0.1) is 22.5 Å². The number of nitrogens with zero attached hydrogens (tertiary/aromatic N) is 3. The summed E-state index contributed by atoms with van der Waals surface area (Å²) < 4.78 is 38.2. The molecule has 1 aliphatic rings. The van der Waals surface area contributed by atoms with Crippen LogP contribution in [0.2, 0.25) is 5.02 Å². The average molecular weight is 440 g/mol. The lowest BCUT2D eigenvalue weighted by Gasteiger charge is -2.33. The van der Waals surface area contributed by atoms with Crippen LogP contribution in [0.3, 0.4) is 0 Å². The van der Waals surface area contributed by atoms with Crippen LogP contribution in [0, 0.1) is 0 Å². The minimum Gasteiger partial charge on any atom is -0.369 e. The Morgan fingerprint density at radius 1 is 1.33 bits per heavy atom. The lowest BCUT2D eigenvalue weighted by Crippen LogP contribution is -2.47. The predicted molar refractivity (Wildman–Crippen MR) is 105 cm³/mol. The molecule has 0 aliphatic carbocycles. The molecule has 0 saturated heterocycles. The minimum absolute atomic E-state index is 0.0731. The zero-order valence-corrected chi connectivity index (χ0v) is 16.7. The molecule has 30 heavy (non-hydrogen) atoms. The second-order valence-corrected chi connectivity index (χ2v) is 7.37. The lowest BCUT2D eigenvalue weighted by molar-refractivity contribution is -0.137. The van der Waals surface area contributed by atoms with Gasteiger partial charge in [0, 0.05) is 18.9 Å². The van der Waals surface area contributed by atoms with Gasteiger partial charge in [-0.2, -0.15) is 13.2 Å². The van der Waals surface area contributed by atoms with Crippen LogP contribution in [0.25, 0.3) is 0 Å². The quantitative estimate of drug-likeness (QED) is 0.765. The van der Waals surface area contributed by atoms with E-state index in [-0.39, 0.29) is 24.0 Å². The Hall–Kier alpha value is -3.14. The molecule has 0 unspecified atom stereocenters. The van der Waals surface area contributed by atoms with Gasteiger partial charge >= 0.3 is 6.18 Å². The molecule has 0 bridgehead atoms. The summed E-state index contributed by atoms with van der Waals surface area (Å²) in [5.41, 5.74) is 4.43. The van der Waals surface area contributed by atoms with Crippen LogP contribution in [-0.4, -0.2) is 34.7 Å². The standard InChI is InChI=1S/C19H17ClF3N5O2/c1-18(8-14(29)28(2)17(24)27-18)10-4-3-5-12(6-10)26-16(30)15-13(20)7-11(9-25-15)19(21,22)23/h3-7,9H,8H2,1-2H3,(H2,24,27)(H,26,30)/t18-/m0/s1. The fraction of sp³-hybridized carbons (Fsp3) is 0.263. The largest absolute Gasteiger partial charge is 0.417 e. The van der Waals surface area contributed by atoms with Gasteiger partial charge < -0.3 is 11.1 Å². The molecule has 0 fully saturated rings. The highest BCUT2D eigenvalue weighted by atomic mass is 35.5. The van der Waals surface area contributed by atoms with Gasteiger partial charge in [-0.1, -0.05) is 23.7 Å². The number of halogens is 4. The summed E-state index contributed by atoms with van der Waals surface area (Å²) in [5.74, 6) is -0.914. The van der Waals surface area contributed by atoms with Gasteiger partial charge in [0.2, 0.25) is 5.91 Å². The third-order valence-corrected chi connectivity index (χ3v) is 4.99. The van der Waals surface area contributed by atoms with Crippen LogP contribution in [0.4, 0.5) is 18.9 Å². The van der Waals surface area contributed by atoms with E-state index in [1.54, 1.807) is 31.2 Å². The molecule has 2 heterocycles. The van der Waals surface area contributed by atoms with Crippen molar-refractivity contribution >= 4 is 35.1 Å². The molecule has 11 heteroatoms. The number of guanidine groups is 1. The molecule has 2 amide bonds. The Bertz CT molecular complexity index is 1060. The minimum atomic E-state index is -4.62. The van der Waals surface area contributed by atoms with Crippen molar-refractivity contribution < 1.29 is 22.8 Å². The maximum absolute atomic E-state index is 12.7. The van der Waals surface area contributed by atoms with E-state index >= 15 is 0 Å². The molecule has 1 aliphatic heterocycles. The van der Waals surface area contributed by atoms with Gasteiger partial charge in [-0.15, -0.1) is 0 Å². The number of carbonyl (C=O) groups excluding carboxylic acids is 2. The smallest absolute Gasteiger partial charge is 0.369 e. The zero-order chi connectivity index (χ0) is 22.3. The number of nitrogens with two attached hydrogens (primary N) is 1. The number of anilines is 1. The van der Waals surface area contributed by atoms with Gasteiger partial charge in [0.25, 0.3) is 5.91 Å². The van der Waals surface area contributed by atoms with Crippen LogP contribution >= 0.6 is 11.6 Å². The first-order valence-electron chi connectivity index (χ1n) is 8.67. The summed E-state index contributed by atoms with van der Waals surface area (Å²) in [6, 6.07) is 7.20. The highest BCUT2D eigenvalue weighted by molar-refractivity contribution is 6.34. The third-order valence-electron chi connectivity index (χ3n) is 4.70. The summed E-state index contributed by atoms with van der Waals surface area (Å²) in [5, 5.41) is 2.12. The van der Waals surface area contributed by atoms with Crippen LogP contribution in [0.15, 0.2) is 41.5 Å². The number of rotatable bonds is 3. The first kappa shape index (κ1) is 21.6. The van der Waals surface area contributed by atoms with Gasteiger partial charge in [0.15, 0.2) is 5.96 Å². The highest BCUT2D eigenvalue weighted by Gasteiger charge is 2.36. The van der Waals surface area contributed by atoms with Crippen molar-refractivity contribution in [3.63, 3.8) is 0 Å². The predicted octanol–water partition coefficient (Wildman–Crippen LogP) is 3.40. The van der Waals surface area contributed by atoms with Gasteiger partial charge in [-0.3, -0.25) is 14.5 Å². The van der Waals surface area contributed by atoms with Crippen LogP contribution in [0.1, 0.15) is 35.0 Å². The van der Waals surface area contributed by atoms with E-state index in [0.717, 1.165) is 0 Å². The van der Waals surface area contributed by atoms with E-state index < -0.39 is 28.2 Å². The number of nitrogens with one attached hydrogen (secondary N) is 1. The number of aromatic nitrogens is 1. The number of amides is 2. The maximum Gasteiger partial charge on any atom is 0.417 e. The van der Waals surface area contributed by atoms with Gasteiger partial charge in [0.1, 0.15) is 5.69 Å². The van der Waals surface area contributed by atoms with Crippen molar-refractivity contribution in [2.24, 2.45) is 10.7 Å². The van der Waals surface area contributed by atoms with Crippen molar-refractivity contribution in [2.75, 3.05) is 12.4 Å². The molecule has 7 nitrogen and oxygen atoms in total. The molecule has 2 aromatic rings. The van der Waals surface area contributed by atoms with E-state index in [2.05, 4.69) is 15.3 Å². The van der Waals surface area contributed by atoms with E-state index in [9.17, 15) is 22.8 Å². The average Bonchev–Trinajstić information content (AvgIpc) is 2.65. The molecule has 1 atom stereocenters. The number of hydrogen-bond donors (Lipinski definition) is 2. The number of aliphatic imine (C=N–C) groups is 1. The number of alkyl halides is 3. The van der Waals surface area contributed by atoms with Crippen LogP contribution in [0.5, 0.6) is 0 Å². The normalized spacial score (nSPS) is 19.5. The third kappa shape index (κ3) is 4.23. The van der Waals surface area contributed by atoms with E-state index in [1.165, 1.54) is 11.9 Å². The van der Waals surface area contributed by atoms with Gasteiger partial charge in [-0.05, 0) is 30.7 Å². The molecule has 158 valence electrons. The SMILES string of the molecule is CN1C(=O)C[C@@](C)(c2cccc(NC(=O)c3ncc(C(F)(F)F)cc3Cl)c2)N=C1N. The molecule has 0 saturated carbocycles. The van der Waals surface area contributed by atoms with Gasteiger partial charge in [-0.25, -0.2) is 9.98 Å². The summed E-state index contributed by atoms with van der Waals surface area (Å²) >= 11 is 5.82. The summed E-state index contributed by atoms with van der Waals surface area (Å²) in [7, 11) is 1.53. The molecule has 1 aromatic carbocycles. The summed E-state index contributed by atoms with van der Waals surface area (Å²) in [4.78, 5) is 33.8. The second kappa shape index (κ2) is 7.60. The second-order valence-electron chi connectivity index (χ2n) is 6.96. The van der Waals surface area contributed by atoms with Crippen LogP contribution in [-0.2, 0) is 16.5 Å². The van der Waals surface area contributed by atoms with Crippen molar-refractivity contribution in [1.29, 1.82) is 0 Å². The molecule has 0 spiro atoms. The van der Waals surface area contributed by atoms with Crippen molar-refractivity contribution in [3.8, 4) is 0 Å². The Morgan fingerprint density at radius 3 is 2.63 bits per heavy atom. The Kier molecular flexibility index (Phi) is 5.46. The summed E-state index contributed by atoms with van der Waals surface area (Å²) in [6.45, 7) is 1.74. The van der Waals surface area contributed by atoms with E-state index in [0.29, 0.717) is 23.5 Å². The first-order valence-corrected chi connectivity index (χ1v) is 9.05. The Morgan fingerprint density at radius 2 is 2.03 bits per heavy atom. The highest BCUT2D eigenvalue weighted by Crippen LogP contribution is 2.34. The topological polar surface area (TPSA) is 101 Å². The fourth-order valence-electron chi connectivity index (χ4n) is 2.96. The van der Waals surface area contributed by atoms with Crippen molar-refractivity contribution in [2.45, 2.75) is 25.1 Å². The number of benzene rings is 1. The molecule has 0 radical (unpaired) electrons. The lowest BCUT2D eigenvalue weighted by atomic mass is 9.87. The molecular formula is C19H17ClF3N5O2. The number of pyridine rings is 1. The monoisotopic (exact) mass is 439 g/mol. The summed E-state index contributed by atoms with van der Waals surface area (Å²) in [6.07, 6.45) is -4.00. The first-order chi connectivity index (χ1) is 13.9. The zero-order valence-electron chi connectivity index (χ0n) is 15.9. The molecule has 3 N–H and O–H groups in total. The van der Waals surface area contributed by atoms with Crippen molar-refractivity contribution in [1.82, 2.24) is 9.88 Å². The van der Waals surface area contributed by atoms with E-state index in [4.69, 9.17) is 17.3 Å². The number of carbonyl (C=O) groups is 2. The Balaban J connectivity index is 1.86. The molecular weight excluding hydrogens is 423 g/mol. The number of hydrogen-bond acceptors (Lipinski definition) is 5. The fourth-order valence-corrected chi connectivity index (χ4v) is 3.21. The van der Waals surface area contributed by atoms with Crippen LogP contribution < -0.4 is 11.1 Å². The molecule has 1 aromatic heterocycles. The Labute approximate surface area is 174 Å². The molecule has 3 rings (SSSR count). The van der Waals surface area contributed by atoms with E-state index in [1.807, 2.05) is 0 Å². The van der Waals surface area contributed by atoms with Crippen molar-refractivity contribution in [3.05, 3.63) is 58.4 Å².